The summed E-state index contributed by atoms with van der Waals surface area (Å²) in [4.78, 5) is 19.9. The number of ether oxygens (including phenoxy) is 1. The fourth-order valence-corrected chi connectivity index (χ4v) is 4.62. The summed E-state index contributed by atoms with van der Waals surface area (Å²) in [6, 6.07) is 18.9. The average molecular weight is 422 g/mol. The zero-order chi connectivity index (χ0) is 21.5. The van der Waals surface area contributed by atoms with Gasteiger partial charge in [0.1, 0.15) is 5.75 Å². The van der Waals surface area contributed by atoms with Crippen molar-refractivity contribution in [2.24, 2.45) is 0 Å². The Morgan fingerprint density at radius 2 is 1.71 bits per heavy atom. The number of hydrogen-bond donors (Lipinski definition) is 0. The third-order valence-electron chi connectivity index (χ3n) is 6.59. The number of carbonyl (C=O) groups is 1. The van der Waals surface area contributed by atoms with Crippen molar-refractivity contribution in [1.29, 1.82) is 0 Å². The first-order chi connectivity index (χ1) is 15.2. The Bertz CT molecular complexity index is 816. The van der Waals surface area contributed by atoms with Crippen LogP contribution in [0.1, 0.15) is 36.5 Å². The first-order valence-electron chi connectivity index (χ1n) is 11.7. The third kappa shape index (κ3) is 6.08. The Morgan fingerprint density at radius 3 is 2.39 bits per heavy atom. The number of rotatable bonds is 9. The maximum Gasteiger partial charge on any atom is 0.176 e. The topological polar surface area (TPSA) is 36.0 Å². The molecule has 166 valence electrons. The lowest BCUT2D eigenvalue weighted by Crippen LogP contribution is -2.48. The van der Waals surface area contributed by atoms with Crippen LogP contribution in [0, 0.1) is 0 Å². The SMILES string of the molecule is CC1CCCN1CCCOc1ccc(C(=O)CN2CCN(c3ccccc3)CC2)cc1. The van der Waals surface area contributed by atoms with Crippen LogP contribution in [0.25, 0.3) is 0 Å². The van der Waals surface area contributed by atoms with E-state index >= 15 is 0 Å². The van der Waals surface area contributed by atoms with E-state index < -0.39 is 0 Å². The number of anilines is 1. The summed E-state index contributed by atoms with van der Waals surface area (Å²) < 4.78 is 5.89. The molecule has 0 N–H and O–H groups in total. The number of piperazine rings is 1. The standard InChI is InChI=1S/C26H35N3O2/c1-22-7-5-14-28(22)15-6-20-31-25-12-10-23(11-13-25)26(30)21-27-16-18-29(19-17-27)24-8-3-2-4-9-24/h2-4,8-13,22H,5-7,14-21H2,1H3. The van der Waals surface area contributed by atoms with Crippen molar-refractivity contribution >= 4 is 11.5 Å². The molecular formula is C26H35N3O2. The lowest BCUT2D eigenvalue weighted by Gasteiger charge is -2.35. The second kappa shape index (κ2) is 10.8. The molecule has 1 atom stereocenters. The maximum atomic E-state index is 12.7. The van der Waals surface area contributed by atoms with Gasteiger partial charge in [0.15, 0.2) is 5.78 Å². The van der Waals surface area contributed by atoms with E-state index in [1.165, 1.54) is 25.1 Å². The van der Waals surface area contributed by atoms with Crippen molar-refractivity contribution in [3.05, 3.63) is 60.2 Å². The van der Waals surface area contributed by atoms with Gasteiger partial charge in [-0.1, -0.05) is 18.2 Å². The van der Waals surface area contributed by atoms with Crippen LogP contribution in [0.3, 0.4) is 0 Å². The molecule has 2 aliphatic heterocycles. The lowest BCUT2D eigenvalue weighted by atomic mass is 10.1. The molecule has 2 saturated heterocycles. The number of ketones is 1. The molecule has 0 saturated carbocycles. The summed E-state index contributed by atoms with van der Waals surface area (Å²) >= 11 is 0. The molecule has 4 rings (SSSR count). The van der Waals surface area contributed by atoms with Gasteiger partial charge in [-0.3, -0.25) is 9.69 Å². The Kier molecular flexibility index (Phi) is 7.60. The van der Waals surface area contributed by atoms with Crippen LogP contribution in [0.15, 0.2) is 54.6 Å². The van der Waals surface area contributed by atoms with E-state index in [9.17, 15) is 4.79 Å². The minimum absolute atomic E-state index is 0.183. The molecule has 0 radical (unpaired) electrons. The minimum Gasteiger partial charge on any atom is -0.494 e. The van der Waals surface area contributed by atoms with Crippen LogP contribution < -0.4 is 9.64 Å². The smallest absolute Gasteiger partial charge is 0.176 e. The number of likely N-dealkylation sites (tertiary alicyclic amines) is 1. The molecule has 0 aromatic heterocycles. The number of benzene rings is 2. The highest BCUT2D eigenvalue weighted by atomic mass is 16.5. The van der Waals surface area contributed by atoms with Crippen LogP contribution in [0.2, 0.25) is 0 Å². The molecule has 2 fully saturated rings. The highest BCUT2D eigenvalue weighted by molar-refractivity contribution is 5.97. The van der Waals surface area contributed by atoms with Crippen molar-refractivity contribution in [3.63, 3.8) is 0 Å². The monoisotopic (exact) mass is 421 g/mol. The summed E-state index contributed by atoms with van der Waals surface area (Å²) in [5, 5.41) is 0. The van der Waals surface area contributed by atoms with E-state index in [-0.39, 0.29) is 5.78 Å². The number of nitrogens with zero attached hydrogens (tertiary/aromatic N) is 3. The van der Waals surface area contributed by atoms with E-state index in [0.29, 0.717) is 12.6 Å². The van der Waals surface area contributed by atoms with Gasteiger partial charge in [-0.2, -0.15) is 0 Å². The van der Waals surface area contributed by atoms with Gasteiger partial charge in [-0.05, 0) is 69.1 Å². The number of para-hydroxylation sites is 1. The van der Waals surface area contributed by atoms with Crippen molar-refractivity contribution < 1.29 is 9.53 Å². The average Bonchev–Trinajstić information content (AvgIpc) is 3.23. The third-order valence-corrected chi connectivity index (χ3v) is 6.59. The molecule has 2 aromatic rings. The van der Waals surface area contributed by atoms with Crippen molar-refractivity contribution in [2.75, 3.05) is 57.3 Å². The van der Waals surface area contributed by atoms with Gasteiger partial charge >= 0.3 is 0 Å². The Morgan fingerprint density at radius 1 is 0.968 bits per heavy atom. The molecule has 5 nitrogen and oxygen atoms in total. The molecule has 2 aliphatic rings. The Labute approximate surface area is 186 Å². The second-order valence-electron chi connectivity index (χ2n) is 8.78. The normalized spacial score (nSPS) is 20.2. The summed E-state index contributed by atoms with van der Waals surface area (Å²) in [7, 11) is 0. The molecule has 0 amide bonds. The van der Waals surface area contributed by atoms with E-state index in [1.807, 2.05) is 30.3 Å². The molecule has 0 aliphatic carbocycles. The molecule has 2 heterocycles. The number of hydrogen-bond acceptors (Lipinski definition) is 5. The Balaban J connectivity index is 1.17. The lowest BCUT2D eigenvalue weighted by molar-refractivity contribution is 0.0926. The summed E-state index contributed by atoms with van der Waals surface area (Å²) in [6.45, 7) is 9.59. The Hall–Kier alpha value is -2.37. The van der Waals surface area contributed by atoms with E-state index in [1.54, 1.807) is 0 Å². The summed E-state index contributed by atoms with van der Waals surface area (Å²) in [5.74, 6) is 1.03. The van der Waals surface area contributed by atoms with Gasteiger partial charge in [0, 0.05) is 50.0 Å². The van der Waals surface area contributed by atoms with Crippen molar-refractivity contribution in [3.8, 4) is 5.75 Å². The van der Waals surface area contributed by atoms with Crippen molar-refractivity contribution in [2.45, 2.75) is 32.2 Å². The van der Waals surface area contributed by atoms with Crippen LogP contribution in [-0.2, 0) is 0 Å². The van der Waals surface area contributed by atoms with Gasteiger partial charge in [-0.15, -0.1) is 0 Å². The van der Waals surface area contributed by atoms with E-state index in [0.717, 1.165) is 57.1 Å². The van der Waals surface area contributed by atoms with Crippen LogP contribution in [0.4, 0.5) is 5.69 Å². The highest BCUT2D eigenvalue weighted by Crippen LogP contribution is 2.18. The maximum absolute atomic E-state index is 12.7. The molecule has 5 heteroatoms. The van der Waals surface area contributed by atoms with Crippen LogP contribution >= 0.6 is 0 Å². The molecule has 31 heavy (non-hydrogen) atoms. The molecule has 2 aromatic carbocycles. The number of Topliss-reactive ketones (excluding diaryl/α,β-unsaturated/α-hetero) is 1. The molecule has 0 bridgehead atoms. The van der Waals surface area contributed by atoms with E-state index in [4.69, 9.17) is 4.74 Å². The quantitative estimate of drug-likeness (QED) is 0.453. The molecule has 1 unspecified atom stereocenters. The second-order valence-corrected chi connectivity index (χ2v) is 8.78. The van der Waals surface area contributed by atoms with Crippen LogP contribution in [0.5, 0.6) is 5.75 Å². The highest BCUT2D eigenvalue weighted by Gasteiger charge is 2.20. The van der Waals surface area contributed by atoms with E-state index in [2.05, 4.69) is 45.9 Å². The summed E-state index contributed by atoms with van der Waals surface area (Å²) in [6.07, 6.45) is 3.68. The largest absolute Gasteiger partial charge is 0.494 e. The van der Waals surface area contributed by atoms with Crippen molar-refractivity contribution in [1.82, 2.24) is 9.80 Å². The zero-order valence-corrected chi connectivity index (χ0v) is 18.7. The minimum atomic E-state index is 0.183. The predicted molar refractivity (Wildman–Crippen MR) is 126 cm³/mol. The molecular weight excluding hydrogens is 386 g/mol. The first-order valence-corrected chi connectivity index (χ1v) is 11.7. The fourth-order valence-electron chi connectivity index (χ4n) is 4.62. The first kappa shape index (κ1) is 21.8. The van der Waals surface area contributed by atoms with Gasteiger partial charge in [0.25, 0.3) is 0 Å². The van der Waals surface area contributed by atoms with Gasteiger partial charge in [0.05, 0.1) is 13.2 Å². The van der Waals surface area contributed by atoms with Gasteiger partial charge in [-0.25, -0.2) is 0 Å². The zero-order valence-electron chi connectivity index (χ0n) is 18.7. The summed E-state index contributed by atoms with van der Waals surface area (Å²) in [5.41, 5.74) is 2.03. The number of carbonyl (C=O) groups excluding carboxylic acids is 1. The fraction of sp³-hybridized carbons (Fsp3) is 0.500. The van der Waals surface area contributed by atoms with Gasteiger partial charge < -0.3 is 14.5 Å². The predicted octanol–water partition coefficient (Wildman–Crippen LogP) is 3.94. The van der Waals surface area contributed by atoms with Gasteiger partial charge in [0.2, 0.25) is 0 Å². The van der Waals surface area contributed by atoms with Crippen LogP contribution in [-0.4, -0.2) is 74.0 Å². The molecule has 0 spiro atoms.